The minimum atomic E-state index is -0.218. The van der Waals surface area contributed by atoms with Crippen molar-refractivity contribution < 1.29 is 9.84 Å². The van der Waals surface area contributed by atoms with Crippen LogP contribution >= 0.6 is 46.0 Å². The number of hydrogen-bond acceptors (Lipinski definition) is 9. The van der Waals surface area contributed by atoms with E-state index in [0.717, 1.165) is 31.6 Å². The number of alkyl halides is 1. The molecule has 2 aliphatic rings. The van der Waals surface area contributed by atoms with Crippen molar-refractivity contribution in [1.82, 2.24) is 15.0 Å². The van der Waals surface area contributed by atoms with E-state index in [1.54, 1.807) is 6.07 Å². The second kappa shape index (κ2) is 9.33. The predicted molar refractivity (Wildman–Crippen MR) is 126 cm³/mol. The molecule has 0 aliphatic carbocycles. The van der Waals surface area contributed by atoms with E-state index in [1.807, 2.05) is 13.0 Å². The van der Waals surface area contributed by atoms with Crippen molar-refractivity contribution in [1.29, 1.82) is 5.26 Å². The van der Waals surface area contributed by atoms with Gasteiger partial charge in [-0.1, -0.05) is 23.4 Å². The molecule has 0 radical (unpaired) electrons. The van der Waals surface area contributed by atoms with E-state index >= 15 is 0 Å². The van der Waals surface area contributed by atoms with Crippen molar-refractivity contribution in [3.8, 4) is 6.07 Å². The van der Waals surface area contributed by atoms with Gasteiger partial charge in [0.2, 0.25) is 0 Å². The Morgan fingerprint density at radius 3 is 2.81 bits per heavy atom. The fourth-order valence-electron chi connectivity index (χ4n) is 4.03. The van der Waals surface area contributed by atoms with Gasteiger partial charge in [0.15, 0.2) is 11.5 Å². The molecular formula is C20H22ClIN6O2S. The highest BCUT2D eigenvalue weighted by atomic mass is 127. The molecule has 0 saturated carbocycles. The summed E-state index contributed by atoms with van der Waals surface area (Å²) in [5.74, 6) is 0.705. The number of piperidine rings is 1. The Kier molecular flexibility index (Phi) is 6.90. The molecule has 2 aliphatic heterocycles. The van der Waals surface area contributed by atoms with E-state index in [-0.39, 0.29) is 32.9 Å². The highest BCUT2D eigenvalue weighted by Crippen LogP contribution is 2.44. The minimum Gasteiger partial charge on any atom is -0.390 e. The first-order chi connectivity index (χ1) is 14.9. The number of aliphatic hydroxyl groups excluding tert-OH is 1. The van der Waals surface area contributed by atoms with Crippen LogP contribution in [0.5, 0.6) is 0 Å². The van der Waals surface area contributed by atoms with Gasteiger partial charge in [-0.3, -0.25) is 0 Å². The molecule has 2 aromatic heterocycles. The number of aliphatic hydroxyl groups is 1. The number of nitrogens with zero attached hydrogens (tertiary/aromatic N) is 5. The van der Waals surface area contributed by atoms with Crippen molar-refractivity contribution >= 4 is 51.8 Å². The Balaban J connectivity index is 1.56. The highest BCUT2D eigenvalue weighted by molar-refractivity contribution is 14.1. The molecule has 2 aromatic rings. The molecule has 164 valence electrons. The van der Waals surface area contributed by atoms with Crippen molar-refractivity contribution in [2.75, 3.05) is 24.6 Å². The molecule has 3 N–H and O–H groups in total. The fourth-order valence-corrected chi connectivity index (χ4v) is 6.12. The lowest BCUT2D eigenvalue weighted by Gasteiger charge is -2.41. The molecule has 2 fully saturated rings. The lowest BCUT2D eigenvalue weighted by Crippen LogP contribution is -2.50. The van der Waals surface area contributed by atoms with Crippen LogP contribution in [0.2, 0.25) is 5.02 Å². The van der Waals surface area contributed by atoms with Crippen LogP contribution in [-0.4, -0.2) is 49.9 Å². The van der Waals surface area contributed by atoms with Crippen molar-refractivity contribution in [2.24, 2.45) is 11.1 Å². The first-order valence-electron chi connectivity index (χ1n) is 9.85. The Bertz CT molecular complexity index is 1030. The van der Waals surface area contributed by atoms with Gasteiger partial charge in [-0.05, 0) is 48.4 Å². The molecule has 0 aromatic carbocycles. The van der Waals surface area contributed by atoms with Crippen LogP contribution in [0.15, 0.2) is 22.2 Å². The third-order valence-electron chi connectivity index (χ3n) is 5.97. The molecule has 31 heavy (non-hydrogen) atoms. The predicted octanol–water partition coefficient (Wildman–Crippen LogP) is 3.05. The second-order valence-corrected chi connectivity index (χ2v) is 10.4. The maximum Gasteiger partial charge on any atom is 0.160 e. The highest BCUT2D eigenvalue weighted by Gasteiger charge is 2.48. The lowest BCUT2D eigenvalue weighted by atomic mass is 9.75. The minimum absolute atomic E-state index is 0.0105. The second-order valence-electron chi connectivity index (χ2n) is 7.77. The molecule has 1 spiro atoms. The number of nitrogens with two attached hydrogens (primary N) is 1. The summed E-state index contributed by atoms with van der Waals surface area (Å²) >= 11 is 9.87. The molecule has 0 amide bonds. The molecule has 2 atom stereocenters. The molecule has 4 heterocycles. The molecule has 8 nitrogen and oxygen atoms in total. The van der Waals surface area contributed by atoms with Gasteiger partial charge < -0.3 is 20.5 Å². The van der Waals surface area contributed by atoms with E-state index in [2.05, 4.69) is 37.5 Å². The van der Waals surface area contributed by atoms with Crippen LogP contribution in [0.3, 0.4) is 0 Å². The molecule has 4 rings (SSSR count). The van der Waals surface area contributed by atoms with E-state index in [1.165, 1.54) is 18.0 Å². The zero-order valence-electron chi connectivity index (χ0n) is 16.9. The van der Waals surface area contributed by atoms with Crippen LogP contribution in [0.4, 0.5) is 5.82 Å². The van der Waals surface area contributed by atoms with Gasteiger partial charge in [0, 0.05) is 35.6 Å². The average molecular weight is 573 g/mol. The van der Waals surface area contributed by atoms with Gasteiger partial charge in [-0.2, -0.15) is 5.26 Å². The summed E-state index contributed by atoms with van der Waals surface area (Å²) in [5, 5.41) is 20.1. The third kappa shape index (κ3) is 4.36. The number of ether oxygens (including phenoxy) is 1. The molecular weight excluding hydrogens is 551 g/mol. The monoisotopic (exact) mass is 572 g/mol. The van der Waals surface area contributed by atoms with Crippen molar-refractivity contribution in [3.63, 3.8) is 0 Å². The normalized spacial score (nSPS) is 22.6. The van der Waals surface area contributed by atoms with E-state index < -0.39 is 0 Å². The van der Waals surface area contributed by atoms with Crippen molar-refractivity contribution in [2.45, 2.75) is 46.4 Å². The topological polar surface area (TPSA) is 121 Å². The quantitative estimate of drug-likeness (QED) is 0.421. The van der Waals surface area contributed by atoms with Gasteiger partial charge in [0.1, 0.15) is 20.9 Å². The smallest absolute Gasteiger partial charge is 0.160 e. The molecule has 0 unspecified atom stereocenters. The first kappa shape index (κ1) is 22.9. The van der Waals surface area contributed by atoms with Gasteiger partial charge in [0.25, 0.3) is 0 Å². The molecule has 0 bridgehead atoms. The van der Waals surface area contributed by atoms with Gasteiger partial charge in [-0.15, -0.1) is 0 Å². The summed E-state index contributed by atoms with van der Waals surface area (Å²) in [6.07, 6.45) is 3.37. The molecule has 11 heteroatoms. The number of hydrogen-bond donors (Lipinski definition) is 2. The Labute approximate surface area is 203 Å². The maximum atomic E-state index is 9.99. The number of nitriles is 1. The van der Waals surface area contributed by atoms with Crippen LogP contribution in [-0.2, 0) is 11.3 Å². The van der Waals surface area contributed by atoms with E-state index in [0.29, 0.717) is 28.0 Å². The Hall–Kier alpha value is -1.23. The number of anilines is 1. The first-order valence-corrected chi connectivity index (χ1v) is 12.3. The zero-order valence-corrected chi connectivity index (χ0v) is 20.6. The summed E-state index contributed by atoms with van der Waals surface area (Å²) in [6.45, 7) is 3.93. The summed E-state index contributed by atoms with van der Waals surface area (Å²) in [5.41, 5.74) is 7.85. The summed E-state index contributed by atoms with van der Waals surface area (Å²) in [6, 6.07) is 3.74. The summed E-state index contributed by atoms with van der Waals surface area (Å²) in [7, 11) is 0. The zero-order chi connectivity index (χ0) is 22.2. The summed E-state index contributed by atoms with van der Waals surface area (Å²) in [4.78, 5) is 16.3. The third-order valence-corrected chi connectivity index (χ3v) is 8.74. The van der Waals surface area contributed by atoms with Gasteiger partial charge in [-0.25, -0.2) is 15.0 Å². The Morgan fingerprint density at radius 1 is 1.45 bits per heavy atom. The van der Waals surface area contributed by atoms with Crippen LogP contribution < -0.4 is 10.6 Å². The lowest BCUT2D eigenvalue weighted by molar-refractivity contribution is 0.127. The number of aryl methyl sites for hydroxylation is 1. The number of pyridine rings is 1. The largest absolute Gasteiger partial charge is 0.390 e. The van der Waals surface area contributed by atoms with Crippen molar-refractivity contribution in [3.05, 3.63) is 34.4 Å². The number of aromatic nitrogens is 3. The van der Waals surface area contributed by atoms with Gasteiger partial charge >= 0.3 is 0 Å². The molecule has 2 saturated heterocycles. The van der Waals surface area contributed by atoms with Crippen LogP contribution in [0.25, 0.3) is 0 Å². The van der Waals surface area contributed by atoms with E-state index in [9.17, 15) is 5.11 Å². The van der Waals surface area contributed by atoms with Gasteiger partial charge in [0.05, 0.1) is 23.9 Å². The maximum absolute atomic E-state index is 9.99. The van der Waals surface area contributed by atoms with Crippen LogP contribution in [0, 0.1) is 23.7 Å². The SMILES string of the molecule is Cc1nc(N2CCC3(CC2)CO[C@@H](I)[C@H]3N)c(CO)nc1Sc1ccnc(C#N)c1Cl. The number of halogens is 2. The average Bonchev–Trinajstić information content (AvgIpc) is 3.05. The number of rotatable bonds is 4. The Morgan fingerprint density at radius 2 is 2.19 bits per heavy atom. The fraction of sp³-hybridized carbons (Fsp3) is 0.500. The van der Waals surface area contributed by atoms with Crippen LogP contribution in [0.1, 0.15) is 29.9 Å². The standard InChI is InChI=1S/C20H22ClIN6O2S/c1-11-19(31-14-2-5-25-12(8-23)15(14)21)27-13(9-29)18(26-11)28-6-3-20(4-7-28)10-30-17(22)16(20)24/h2,5,16-17,29H,3-4,6-7,9-10,24H2,1H3/t16-,17-/m1/s1. The van der Waals surface area contributed by atoms with E-state index in [4.69, 9.17) is 32.3 Å². The summed E-state index contributed by atoms with van der Waals surface area (Å²) < 4.78 is 5.85.